The molecule has 0 aliphatic rings. The summed E-state index contributed by atoms with van der Waals surface area (Å²) in [4.78, 5) is 39.9. The second-order valence-electron chi connectivity index (χ2n) is 8.48. The van der Waals surface area contributed by atoms with Crippen molar-refractivity contribution in [2.45, 2.75) is 26.3 Å². The van der Waals surface area contributed by atoms with Gasteiger partial charge < -0.3 is 15.0 Å². The second kappa shape index (κ2) is 11.8. The first-order chi connectivity index (χ1) is 16.4. The molecule has 34 heavy (non-hydrogen) atoms. The van der Waals surface area contributed by atoms with Crippen molar-refractivity contribution in [2.75, 3.05) is 18.6 Å². The van der Waals surface area contributed by atoms with E-state index in [0.29, 0.717) is 11.6 Å². The van der Waals surface area contributed by atoms with Crippen molar-refractivity contribution in [1.82, 2.24) is 5.32 Å². The van der Waals surface area contributed by atoms with Gasteiger partial charge in [0.25, 0.3) is 11.8 Å². The van der Waals surface area contributed by atoms with Gasteiger partial charge in [0.1, 0.15) is 0 Å². The van der Waals surface area contributed by atoms with Crippen LogP contribution in [0.25, 0.3) is 0 Å². The van der Waals surface area contributed by atoms with Crippen LogP contribution in [0.5, 0.6) is 0 Å². The summed E-state index contributed by atoms with van der Waals surface area (Å²) in [6.07, 6.45) is 0.757. The predicted molar refractivity (Wildman–Crippen MR) is 133 cm³/mol. The van der Waals surface area contributed by atoms with Crippen LogP contribution in [-0.4, -0.2) is 31.4 Å². The van der Waals surface area contributed by atoms with Crippen molar-refractivity contribution in [3.63, 3.8) is 0 Å². The van der Waals surface area contributed by atoms with Crippen LogP contribution in [-0.2, 0) is 9.53 Å². The van der Waals surface area contributed by atoms with E-state index in [2.05, 4.69) is 19.2 Å². The van der Waals surface area contributed by atoms with Gasteiger partial charge in [-0.1, -0.05) is 74.5 Å². The zero-order valence-corrected chi connectivity index (χ0v) is 19.7. The number of hydrogen-bond donors (Lipinski definition) is 1. The van der Waals surface area contributed by atoms with Gasteiger partial charge in [0.2, 0.25) is 0 Å². The minimum Gasteiger partial charge on any atom is -0.452 e. The number of rotatable bonds is 9. The number of carbonyl (C=O) groups is 3. The van der Waals surface area contributed by atoms with E-state index < -0.39 is 18.5 Å². The molecule has 0 radical (unpaired) electrons. The fourth-order valence-electron chi connectivity index (χ4n) is 3.68. The molecule has 0 bridgehead atoms. The monoisotopic (exact) mass is 458 g/mol. The Labute approximate surface area is 200 Å². The highest BCUT2D eigenvalue weighted by molar-refractivity contribution is 6.12. The van der Waals surface area contributed by atoms with Crippen molar-refractivity contribution in [3.05, 3.63) is 102 Å². The Bertz CT molecular complexity index is 1110. The van der Waals surface area contributed by atoms with E-state index in [1.807, 2.05) is 60.7 Å². The topological polar surface area (TPSA) is 75.7 Å². The number of amides is 2. The second-order valence-corrected chi connectivity index (χ2v) is 8.48. The van der Waals surface area contributed by atoms with Gasteiger partial charge in [0.05, 0.1) is 17.2 Å². The van der Waals surface area contributed by atoms with Crippen LogP contribution >= 0.6 is 0 Å². The predicted octanol–water partition coefficient (Wildman–Crippen LogP) is 5.02. The molecule has 6 nitrogen and oxygen atoms in total. The van der Waals surface area contributed by atoms with Crippen LogP contribution in [0.1, 0.15) is 52.6 Å². The van der Waals surface area contributed by atoms with Gasteiger partial charge in [-0.2, -0.15) is 0 Å². The normalized spacial score (nSPS) is 11.5. The number of esters is 1. The first-order valence-electron chi connectivity index (χ1n) is 11.3. The number of para-hydroxylation sites is 1. The number of carbonyl (C=O) groups excluding carboxylic acids is 3. The fraction of sp³-hybridized carbons (Fsp3) is 0.250. The number of hydrogen-bond acceptors (Lipinski definition) is 4. The molecule has 0 saturated heterocycles. The molecule has 0 heterocycles. The molecule has 6 heteroatoms. The molecular weight excluding hydrogens is 428 g/mol. The Morgan fingerprint density at radius 3 is 2.00 bits per heavy atom. The van der Waals surface area contributed by atoms with E-state index in [1.54, 1.807) is 25.2 Å². The average Bonchev–Trinajstić information content (AvgIpc) is 2.86. The summed E-state index contributed by atoms with van der Waals surface area (Å²) in [7, 11) is 1.64. The van der Waals surface area contributed by atoms with E-state index in [9.17, 15) is 14.4 Å². The van der Waals surface area contributed by atoms with Crippen LogP contribution < -0.4 is 10.2 Å². The van der Waals surface area contributed by atoms with Crippen LogP contribution in [0.2, 0.25) is 0 Å². The Balaban J connectivity index is 1.67. The van der Waals surface area contributed by atoms with E-state index >= 15 is 0 Å². The fourth-order valence-corrected chi connectivity index (χ4v) is 3.68. The molecule has 3 aromatic carbocycles. The van der Waals surface area contributed by atoms with Gasteiger partial charge in [0, 0.05) is 12.7 Å². The summed E-state index contributed by atoms with van der Waals surface area (Å²) >= 11 is 0. The molecule has 0 aromatic heterocycles. The summed E-state index contributed by atoms with van der Waals surface area (Å²) < 4.78 is 5.29. The number of nitrogens with zero attached hydrogens (tertiary/aromatic N) is 1. The molecule has 1 N–H and O–H groups in total. The maximum Gasteiger partial charge on any atom is 0.339 e. The summed E-state index contributed by atoms with van der Waals surface area (Å²) in [5.41, 5.74) is 2.02. The molecule has 2 amide bonds. The standard InChI is InChI=1S/C28H30N2O4/c1-20(2)18-25(21-12-6-4-7-13-21)29-26(31)19-34-28(33)24-17-11-10-16-23(24)27(32)30(3)22-14-8-5-9-15-22/h4-17,20,25H,18-19H2,1-3H3,(H,29,31). The van der Waals surface area contributed by atoms with Gasteiger partial charge in [-0.3, -0.25) is 9.59 Å². The first kappa shape index (κ1) is 24.7. The Kier molecular flexibility index (Phi) is 8.57. The van der Waals surface area contributed by atoms with Crippen molar-refractivity contribution in [1.29, 1.82) is 0 Å². The van der Waals surface area contributed by atoms with Gasteiger partial charge in [0.15, 0.2) is 6.61 Å². The summed E-state index contributed by atoms with van der Waals surface area (Å²) in [5.74, 6) is -1.09. The first-order valence-corrected chi connectivity index (χ1v) is 11.3. The molecular formula is C28H30N2O4. The quantitative estimate of drug-likeness (QED) is 0.457. The third-order valence-corrected chi connectivity index (χ3v) is 5.40. The number of anilines is 1. The zero-order valence-electron chi connectivity index (χ0n) is 19.7. The smallest absolute Gasteiger partial charge is 0.339 e. The summed E-state index contributed by atoms with van der Waals surface area (Å²) in [6, 6.07) is 25.1. The lowest BCUT2D eigenvalue weighted by molar-refractivity contribution is -0.125. The molecule has 3 rings (SSSR count). The third-order valence-electron chi connectivity index (χ3n) is 5.40. The van der Waals surface area contributed by atoms with E-state index in [-0.39, 0.29) is 23.1 Å². The lowest BCUT2D eigenvalue weighted by Crippen LogP contribution is -2.33. The molecule has 0 fully saturated rings. The third kappa shape index (κ3) is 6.54. The maximum atomic E-state index is 13.1. The van der Waals surface area contributed by atoms with Crippen molar-refractivity contribution >= 4 is 23.5 Å². The maximum absolute atomic E-state index is 13.1. The molecule has 3 aromatic rings. The van der Waals surface area contributed by atoms with Crippen LogP contribution in [0, 0.1) is 5.92 Å². The molecule has 0 spiro atoms. The largest absolute Gasteiger partial charge is 0.452 e. The Hall–Kier alpha value is -3.93. The molecule has 0 saturated carbocycles. The lowest BCUT2D eigenvalue weighted by Gasteiger charge is -2.21. The van der Waals surface area contributed by atoms with Crippen LogP contribution in [0.4, 0.5) is 5.69 Å². The Morgan fingerprint density at radius 1 is 0.824 bits per heavy atom. The molecule has 0 aliphatic heterocycles. The number of ether oxygens (including phenoxy) is 1. The SMILES string of the molecule is CC(C)CC(NC(=O)COC(=O)c1ccccc1C(=O)N(C)c1ccccc1)c1ccccc1. The minimum atomic E-state index is -0.722. The zero-order chi connectivity index (χ0) is 24.5. The van der Waals surface area contributed by atoms with E-state index in [0.717, 1.165) is 12.0 Å². The summed E-state index contributed by atoms with van der Waals surface area (Å²) in [5, 5.41) is 2.96. The van der Waals surface area contributed by atoms with Gasteiger partial charge in [-0.05, 0) is 42.2 Å². The van der Waals surface area contributed by atoms with Gasteiger partial charge >= 0.3 is 5.97 Å². The highest BCUT2D eigenvalue weighted by Crippen LogP contribution is 2.21. The molecule has 1 unspecified atom stereocenters. The Morgan fingerprint density at radius 2 is 1.38 bits per heavy atom. The molecule has 0 aliphatic carbocycles. The van der Waals surface area contributed by atoms with Gasteiger partial charge in [-0.25, -0.2) is 4.79 Å². The number of nitrogens with one attached hydrogen (secondary N) is 1. The van der Waals surface area contributed by atoms with Crippen LogP contribution in [0.15, 0.2) is 84.9 Å². The minimum absolute atomic E-state index is 0.116. The van der Waals surface area contributed by atoms with Crippen molar-refractivity contribution in [3.8, 4) is 0 Å². The highest BCUT2D eigenvalue weighted by atomic mass is 16.5. The summed E-state index contributed by atoms with van der Waals surface area (Å²) in [6.45, 7) is 3.74. The molecule has 176 valence electrons. The lowest BCUT2D eigenvalue weighted by atomic mass is 9.97. The number of benzene rings is 3. The van der Waals surface area contributed by atoms with E-state index in [4.69, 9.17) is 4.74 Å². The average molecular weight is 459 g/mol. The van der Waals surface area contributed by atoms with Crippen molar-refractivity contribution in [2.24, 2.45) is 5.92 Å². The molecule has 1 atom stereocenters. The van der Waals surface area contributed by atoms with E-state index in [1.165, 1.54) is 11.0 Å². The van der Waals surface area contributed by atoms with Gasteiger partial charge in [-0.15, -0.1) is 0 Å². The van der Waals surface area contributed by atoms with Crippen LogP contribution in [0.3, 0.4) is 0 Å². The highest BCUT2D eigenvalue weighted by Gasteiger charge is 2.23. The van der Waals surface area contributed by atoms with Crippen molar-refractivity contribution < 1.29 is 19.1 Å².